The number of carboxylic acids is 1. The summed E-state index contributed by atoms with van der Waals surface area (Å²) >= 11 is 0. The first kappa shape index (κ1) is 13.3. The van der Waals surface area contributed by atoms with Gasteiger partial charge in [-0.15, -0.1) is 0 Å². The van der Waals surface area contributed by atoms with Gasteiger partial charge in [0.15, 0.2) is 0 Å². The van der Waals surface area contributed by atoms with Gasteiger partial charge in [0.2, 0.25) is 6.10 Å². The first-order valence-electron chi connectivity index (χ1n) is 5.28. The summed E-state index contributed by atoms with van der Waals surface area (Å²) in [4.78, 5) is 10.8. The Morgan fingerprint density at radius 3 is 2.35 bits per heavy atom. The fourth-order valence-electron chi connectivity index (χ4n) is 1.25. The van der Waals surface area contributed by atoms with Crippen molar-refractivity contribution in [3.63, 3.8) is 0 Å². The van der Waals surface area contributed by atoms with Crippen LogP contribution in [0.15, 0.2) is 24.3 Å². The molecular weight excluding hydrogens is 224 g/mol. The van der Waals surface area contributed by atoms with Crippen molar-refractivity contribution in [1.29, 1.82) is 0 Å². The van der Waals surface area contributed by atoms with Crippen molar-refractivity contribution in [2.45, 2.75) is 13.0 Å². The SMILES string of the molecule is CCOc1ccc(OC(COC)C(=O)O)cc1. The molecule has 1 aromatic carbocycles. The molecule has 0 saturated carbocycles. The van der Waals surface area contributed by atoms with E-state index in [9.17, 15) is 4.79 Å². The summed E-state index contributed by atoms with van der Waals surface area (Å²) in [7, 11) is 1.43. The molecule has 0 fully saturated rings. The zero-order valence-corrected chi connectivity index (χ0v) is 9.88. The lowest BCUT2D eigenvalue weighted by molar-refractivity contribution is -0.147. The standard InChI is InChI=1S/C12H16O5/c1-3-16-9-4-6-10(7-5-9)17-11(8-15-2)12(13)14/h4-7,11H,3,8H2,1-2H3,(H,13,14). The average Bonchev–Trinajstić information content (AvgIpc) is 2.31. The third kappa shape index (κ3) is 4.32. The van der Waals surface area contributed by atoms with Crippen LogP contribution < -0.4 is 9.47 Å². The van der Waals surface area contributed by atoms with E-state index in [1.807, 2.05) is 6.92 Å². The van der Waals surface area contributed by atoms with Gasteiger partial charge < -0.3 is 19.3 Å². The molecule has 0 spiro atoms. The third-order valence-corrected chi connectivity index (χ3v) is 2.01. The highest BCUT2D eigenvalue weighted by molar-refractivity contribution is 5.72. The molecule has 0 aliphatic heterocycles. The molecule has 1 N–H and O–H groups in total. The largest absolute Gasteiger partial charge is 0.494 e. The molecule has 1 aromatic rings. The predicted molar refractivity (Wildman–Crippen MR) is 61.5 cm³/mol. The molecule has 0 saturated heterocycles. The Hall–Kier alpha value is -1.75. The molecule has 5 heteroatoms. The molecule has 0 aliphatic rings. The van der Waals surface area contributed by atoms with Gasteiger partial charge in [-0.3, -0.25) is 0 Å². The summed E-state index contributed by atoms with van der Waals surface area (Å²) in [5.41, 5.74) is 0. The topological polar surface area (TPSA) is 65.0 Å². The molecule has 17 heavy (non-hydrogen) atoms. The van der Waals surface area contributed by atoms with Crippen molar-refractivity contribution in [2.75, 3.05) is 20.3 Å². The highest BCUT2D eigenvalue weighted by Crippen LogP contribution is 2.18. The van der Waals surface area contributed by atoms with Crippen molar-refractivity contribution in [3.05, 3.63) is 24.3 Å². The van der Waals surface area contributed by atoms with Crippen LogP contribution in [0.5, 0.6) is 11.5 Å². The van der Waals surface area contributed by atoms with Crippen molar-refractivity contribution in [2.24, 2.45) is 0 Å². The number of aliphatic carboxylic acids is 1. The van der Waals surface area contributed by atoms with E-state index in [0.29, 0.717) is 12.4 Å². The Kier molecular flexibility index (Phi) is 5.29. The van der Waals surface area contributed by atoms with Crippen LogP contribution >= 0.6 is 0 Å². The molecule has 0 heterocycles. The number of ether oxygens (including phenoxy) is 3. The van der Waals surface area contributed by atoms with Crippen molar-refractivity contribution < 1.29 is 24.1 Å². The maximum atomic E-state index is 10.8. The molecule has 0 radical (unpaired) electrons. The van der Waals surface area contributed by atoms with Crippen LogP contribution in [-0.4, -0.2) is 37.5 Å². The summed E-state index contributed by atoms with van der Waals surface area (Å²) in [6.45, 7) is 2.48. The van der Waals surface area contributed by atoms with Crippen LogP contribution in [0.4, 0.5) is 0 Å². The minimum atomic E-state index is -1.05. The summed E-state index contributed by atoms with van der Waals surface area (Å²) in [6.07, 6.45) is -1.00. The van der Waals surface area contributed by atoms with E-state index in [1.165, 1.54) is 7.11 Å². The predicted octanol–water partition coefficient (Wildman–Crippen LogP) is 1.56. The number of carbonyl (C=O) groups is 1. The number of carboxylic acid groups (broad SMARTS) is 1. The smallest absolute Gasteiger partial charge is 0.347 e. The Morgan fingerprint density at radius 1 is 1.29 bits per heavy atom. The van der Waals surface area contributed by atoms with E-state index in [4.69, 9.17) is 19.3 Å². The Labute approximate surface area is 99.9 Å². The number of hydrogen-bond donors (Lipinski definition) is 1. The summed E-state index contributed by atoms with van der Waals surface area (Å²) < 4.78 is 15.3. The molecule has 5 nitrogen and oxygen atoms in total. The summed E-state index contributed by atoms with van der Waals surface area (Å²) in [5, 5.41) is 8.87. The molecule has 1 atom stereocenters. The van der Waals surface area contributed by atoms with E-state index in [0.717, 1.165) is 5.75 Å². The van der Waals surface area contributed by atoms with Crippen LogP contribution in [0.3, 0.4) is 0 Å². The second-order valence-corrected chi connectivity index (χ2v) is 3.30. The Bertz CT molecular complexity index is 346. The van der Waals surface area contributed by atoms with E-state index in [-0.39, 0.29) is 6.61 Å². The normalized spacial score (nSPS) is 11.9. The number of rotatable bonds is 7. The first-order valence-corrected chi connectivity index (χ1v) is 5.28. The second kappa shape index (κ2) is 6.75. The lowest BCUT2D eigenvalue weighted by atomic mass is 10.3. The fourth-order valence-corrected chi connectivity index (χ4v) is 1.25. The number of hydrogen-bond acceptors (Lipinski definition) is 4. The van der Waals surface area contributed by atoms with Crippen LogP contribution in [0, 0.1) is 0 Å². The molecule has 94 valence electrons. The third-order valence-electron chi connectivity index (χ3n) is 2.01. The van der Waals surface area contributed by atoms with Gasteiger partial charge in [-0.05, 0) is 31.2 Å². The fraction of sp³-hybridized carbons (Fsp3) is 0.417. The lowest BCUT2D eigenvalue weighted by Crippen LogP contribution is -2.31. The van der Waals surface area contributed by atoms with E-state index < -0.39 is 12.1 Å². The van der Waals surface area contributed by atoms with Crippen LogP contribution in [0.1, 0.15) is 6.92 Å². The van der Waals surface area contributed by atoms with Gasteiger partial charge in [0.1, 0.15) is 11.5 Å². The van der Waals surface area contributed by atoms with Gasteiger partial charge >= 0.3 is 5.97 Å². The molecule has 0 aromatic heterocycles. The molecule has 0 bridgehead atoms. The van der Waals surface area contributed by atoms with Gasteiger partial charge in [0.05, 0.1) is 13.2 Å². The zero-order valence-electron chi connectivity index (χ0n) is 9.88. The summed E-state index contributed by atoms with van der Waals surface area (Å²) in [6, 6.07) is 6.78. The van der Waals surface area contributed by atoms with Crippen molar-refractivity contribution >= 4 is 5.97 Å². The minimum absolute atomic E-state index is 0.00252. The summed E-state index contributed by atoms with van der Waals surface area (Å²) in [5.74, 6) is 0.136. The second-order valence-electron chi connectivity index (χ2n) is 3.30. The van der Waals surface area contributed by atoms with Crippen molar-refractivity contribution in [1.82, 2.24) is 0 Å². The van der Waals surface area contributed by atoms with Gasteiger partial charge in [0, 0.05) is 7.11 Å². The average molecular weight is 240 g/mol. The lowest BCUT2D eigenvalue weighted by Gasteiger charge is -2.14. The van der Waals surface area contributed by atoms with Crippen LogP contribution in [0.25, 0.3) is 0 Å². The Balaban J connectivity index is 2.63. The molecule has 0 amide bonds. The minimum Gasteiger partial charge on any atom is -0.494 e. The van der Waals surface area contributed by atoms with Crippen LogP contribution in [0.2, 0.25) is 0 Å². The first-order chi connectivity index (χ1) is 8.17. The maximum Gasteiger partial charge on any atom is 0.347 e. The van der Waals surface area contributed by atoms with E-state index in [1.54, 1.807) is 24.3 Å². The molecule has 0 aliphatic carbocycles. The van der Waals surface area contributed by atoms with Gasteiger partial charge in [-0.2, -0.15) is 0 Å². The van der Waals surface area contributed by atoms with Crippen LogP contribution in [-0.2, 0) is 9.53 Å². The number of methoxy groups -OCH3 is 1. The molecule has 1 unspecified atom stereocenters. The zero-order chi connectivity index (χ0) is 12.7. The molecular formula is C12H16O5. The van der Waals surface area contributed by atoms with Gasteiger partial charge in [-0.25, -0.2) is 4.79 Å². The Morgan fingerprint density at radius 2 is 1.88 bits per heavy atom. The van der Waals surface area contributed by atoms with Gasteiger partial charge in [0.25, 0.3) is 0 Å². The van der Waals surface area contributed by atoms with Crippen molar-refractivity contribution in [3.8, 4) is 11.5 Å². The van der Waals surface area contributed by atoms with E-state index >= 15 is 0 Å². The maximum absolute atomic E-state index is 10.8. The molecule has 1 rings (SSSR count). The highest BCUT2D eigenvalue weighted by Gasteiger charge is 2.18. The monoisotopic (exact) mass is 240 g/mol. The van der Waals surface area contributed by atoms with E-state index in [2.05, 4.69) is 0 Å². The quantitative estimate of drug-likeness (QED) is 0.783. The highest BCUT2D eigenvalue weighted by atomic mass is 16.5. The number of benzene rings is 1. The van der Waals surface area contributed by atoms with Gasteiger partial charge in [-0.1, -0.05) is 0 Å².